The standard InChI is InChI=1S/C13H25NO2/c1-10(2)11(3)16-12(15)13(14)8-6-4-5-7-9-13/h10-11H,4-9,14H2,1-3H3. The maximum atomic E-state index is 12.0. The van der Waals surface area contributed by atoms with E-state index in [0.29, 0.717) is 5.92 Å². The molecule has 1 unspecified atom stereocenters. The highest BCUT2D eigenvalue weighted by molar-refractivity contribution is 5.80. The van der Waals surface area contributed by atoms with Gasteiger partial charge in [-0.1, -0.05) is 39.5 Å². The van der Waals surface area contributed by atoms with E-state index >= 15 is 0 Å². The zero-order valence-corrected chi connectivity index (χ0v) is 10.8. The smallest absolute Gasteiger partial charge is 0.326 e. The molecule has 0 bridgehead atoms. The van der Waals surface area contributed by atoms with Crippen LogP contribution in [0.2, 0.25) is 0 Å². The monoisotopic (exact) mass is 227 g/mol. The van der Waals surface area contributed by atoms with Crippen LogP contribution in [0.1, 0.15) is 59.3 Å². The second kappa shape index (κ2) is 5.67. The summed E-state index contributed by atoms with van der Waals surface area (Å²) in [7, 11) is 0. The fourth-order valence-electron chi connectivity index (χ4n) is 1.99. The Morgan fingerprint density at radius 3 is 2.06 bits per heavy atom. The summed E-state index contributed by atoms with van der Waals surface area (Å²) in [5, 5.41) is 0. The van der Waals surface area contributed by atoms with Crippen molar-refractivity contribution in [3.63, 3.8) is 0 Å². The molecule has 0 aromatic carbocycles. The molecule has 3 nitrogen and oxygen atoms in total. The van der Waals surface area contributed by atoms with Crippen molar-refractivity contribution in [2.75, 3.05) is 0 Å². The lowest BCUT2D eigenvalue weighted by atomic mass is 9.91. The third kappa shape index (κ3) is 3.48. The number of hydrogen-bond acceptors (Lipinski definition) is 3. The molecule has 1 aliphatic carbocycles. The summed E-state index contributed by atoms with van der Waals surface area (Å²) in [4.78, 5) is 12.0. The summed E-state index contributed by atoms with van der Waals surface area (Å²) in [6, 6.07) is 0. The highest BCUT2D eigenvalue weighted by Crippen LogP contribution is 2.26. The van der Waals surface area contributed by atoms with E-state index in [0.717, 1.165) is 25.7 Å². The molecule has 2 N–H and O–H groups in total. The van der Waals surface area contributed by atoms with Crippen LogP contribution in [-0.4, -0.2) is 17.6 Å². The Hall–Kier alpha value is -0.570. The molecule has 1 saturated carbocycles. The summed E-state index contributed by atoms with van der Waals surface area (Å²) < 4.78 is 5.45. The summed E-state index contributed by atoms with van der Waals surface area (Å²) in [6.07, 6.45) is 5.96. The summed E-state index contributed by atoms with van der Waals surface area (Å²) >= 11 is 0. The van der Waals surface area contributed by atoms with Crippen molar-refractivity contribution in [3.05, 3.63) is 0 Å². The van der Waals surface area contributed by atoms with E-state index in [-0.39, 0.29) is 12.1 Å². The second-order valence-corrected chi connectivity index (χ2v) is 5.42. The van der Waals surface area contributed by atoms with Crippen LogP contribution in [0.3, 0.4) is 0 Å². The van der Waals surface area contributed by atoms with Gasteiger partial charge in [0.15, 0.2) is 0 Å². The molecule has 94 valence electrons. The number of hydrogen-bond donors (Lipinski definition) is 1. The Kier molecular flexibility index (Phi) is 4.78. The van der Waals surface area contributed by atoms with Crippen LogP contribution < -0.4 is 5.73 Å². The number of ether oxygens (including phenoxy) is 1. The van der Waals surface area contributed by atoms with Gasteiger partial charge in [-0.15, -0.1) is 0 Å². The van der Waals surface area contributed by atoms with E-state index in [4.69, 9.17) is 10.5 Å². The van der Waals surface area contributed by atoms with E-state index in [1.54, 1.807) is 0 Å². The zero-order valence-electron chi connectivity index (χ0n) is 10.8. The fourth-order valence-corrected chi connectivity index (χ4v) is 1.99. The van der Waals surface area contributed by atoms with E-state index in [9.17, 15) is 4.79 Å². The van der Waals surface area contributed by atoms with Gasteiger partial charge in [0.1, 0.15) is 11.6 Å². The zero-order chi connectivity index (χ0) is 12.2. The van der Waals surface area contributed by atoms with Crippen molar-refractivity contribution in [2.24, 2.45) is 11.7 Å². The molecule has 1 atom stereocenters. The van der Waals surface area contributed by atoms with E-state index < -0.39 is 5.54 Å². The predicted molar refractivity (Wildman–Crippen MR) is 65.0 cm³/mol. The molecule has 16 heavy (non-hydrogen) atoms. The largest absolute Gasteiger partial charge is 0.461 e. The Balaban J connectivity index is 2.56. The molecule has 3 heteroatoms. The molecular weight excluding hydrogens is 202 g/mol. The first-order valence-corrected chi connectivity index (χ1v) is 6.46. The highest BCUT2D eigenvalue weighted by Gasteiger charge is 2.36. The van der Waals surface area contributed by atoms with Crippen molar-refractivity contribution in [2.45, 2.75) is 70.9 Å². The maximum Gasteiger partial charge on any atom is 0.326 e. The number of carbonyl (C=O) groups is 1. The van der Waals surface area contributed by atoms with Crippen LogP contribution in [0.4, 0.5) is 0 Å². The number of nitrogens with two attached hydrogens (primary N) is 1. The van der Waals surface area contributed by atoms with E-state index in [1.165, 1.54) is 12.8 Å². The van der Waals surface area contributed by atoms with Gasteiger partial charge in [0, 0.05) is 0 Å². The summed E-state index contributed by atoms with van der Waals surface area (Å²) in [5.41, 5.74) is 5.45. The van der Waals surface area contributed by atoms with Crippen LogP contribution in [0.15, 0.2) is 0 Å². The number of carbonyl (C=O) groups excluding carboxylic acids is 1. The molecule has 0 heterocycles. The minimum atomic E-state index is -0.723. The average Bonchev–Trinajstić information content (AvgIpc) is 2.43. The van der Waals surface area contributed by atoms with Gasteiger partial charge >= 0.3 is 5.97 Å². The van der Waals surface area contributed by atoms with Gasteiger partial charge in [0.25, 0.3) is 0 Å². The Morgan fingerprint density at radius 2 is 1.62 bits per heavy atom. The molecule has 1 aliphatic rings. The van der Waals surface area contributed by atoms with Gasteiger partial charge in [-0.25, -0.2) is 0 Å². The third-order valence-electron chi connectivity index (χ3n) is 3.63. The lowest BCUT2D eigenvalue weighted by Crippen LogP contribution is -2.49. The summed E-state index contributed by atoms with van der Waals surface area (Å²) in [5.74, 6) is 0.147. The first-order chi connectivity index (χ1) is 7.46. The lowest BCUT2D eigenvalue weighted by Gasteiger charge is -2.28. The van der Waals surface area contributed by atoms with Crippen molar-refractivity contribution >= 4 is 5.97 Å². The van der Waals surface area contributed by atoms with Crippen molar-refractivity contribution < 1.29 is 9.53 Å². The van der Waals surface area contributed by atoms with Gasteiger partial charge < -0.3 is 10.5 Å². The third-order valence-corrected chi connectivity index (χ3v) is 3.63. The van der Waals surface area contributed by atoms with Crippen LogP contribution in [-0.2, 0) is 9.53 Å². The SMILES string of the molecule is CC(C)C(C)OC(=O)C1(N)CCCCCC1. The van der Waals surface area contributed by atoms with Crippen molar-refractivity contribution in [1.29, 1.82) is 0 Å². The first kappa shape index (κ1) is 13.5. The Labute approximate surface area is 98.7 Å². The highest BCUT2D eigenvalue weighted by atomic mass is 16.5. The fraction of sp³-hybridized carbons (Fsp3) is 0.923. The molecule has 0 spiro atoms. The predicted octanol–water partition coefficient (Wildman–Crippen LogP) is 2.63. The minimum absolute atomic E-state index is 0.0452. The van der Waals surface area contributed by atoms with Gasteiger partial charge in [-0.2, -0.15) is 0 Å². The first-order valence-electron chi connectivity index (χ1n) is 6.46. The Bertz CT molecular complexity index is 230. The molecule has 0 radical (unpaired) electrons. The van der Waals surface area contributed by atoms with Gasteiger partial charge in [-0.3, -0.25) is 4.79 Å². The quantitative estimate of drug-likeness (QED) is 0.595. The molecule has 0 aromatic rings. The van der Waals surface area contributed by atoms with Crippen LogP contribution in [0.5, 0.6) is 0 Å². The molecule has 0 aromatic heterocycles. The van der Waals surface area contributed by atoms with Crippen molar-refractivity contribution in [3.8, 4) is 0 Å². The van der Waals surface area contributed by atoms with E-state index in [1.807, 2.05) is 20.8 Å². The molecule has 0 aliphatic heterocycles. The topological polar surface area (TPSA) is 52.3 Å². The summed E-state index contributed by atoms with van der Waals surface area (Å²) in [6.45, 7) is 6.03. The molecule has 0 amide bonds. The van der Waals surface area contributed by atoms with Crippen LogP contribution >= 0.6 is 0 Å². The van der Waals surface area contributed by atoms with Crippen LogP contribution in [0.25, 0.3) is 0 Å². The second-order valence-electron chi connectivity index (χ2n) is 5.42. The van der Waals surface area contributed by atoms with Gasteiger partial charge in [-0.05, 0) is 25.7 Å². The van der Waals surface area contributed by atoms with Gasteiger partial charge in [0.2, 0.25) is 0 Å². The van der Waals surface area contributed by atoms with Gasteiger partial charge in [0.05, 0.1) is 0 Å². The average molecular weight is 227 g/mol. The van der Waals surface area contributed by atoms with Crippen LogP contribution in [0, 0.1) is 5.92 Å². The van der Waals surface area contributed by atoms with E-state index in [2.05, 4.69) is 0 Å². The number of rotatable bonds is 3. The lowest BCUT2D eigenvalue weighted by molar-refractivity contribution is -0.157. The minimum Gasteiger partial charge on any atom is -0.461 e. The molecule has 1 fully saturated rings. The normalized spacial score (nSPS) is 22.6. The molecule has 1 rings (SSSR count). The van der Waals surface area contributed by atoms with Crippen molar-refractivity contribution in [1.82, 2.24) is 0 Å². The molecular formula is C13H25NO2. The maximum absolute atomic E-state index is 12.0. The Morgan fingerprint density at radius 1 is 1.12 bits per heavy atom. The molecule has 0 saturated heterocycles. The number of esters is 1.